The predicted molar refractivity (Wildman–Crippen MR) is 55.4 cm³/mol. The summed E-state index contributed by atoms with van der Waals surface area (Å²) < 4.78 is 0. The number of nitrogens with two attached hydrogens (primary N) is 1. The van der Waals surface area contributed by atoms with Crippen molar-refractivity contribution in [2.24, 2.45) is 11.7 Å². The highest BCUT2D eigenvalue weighted by Crippen LogP contribution is 2.17. The van der Waals surface area contributed by atoms with Gasteiger partial charge in [-0.3, -0.25) is 4.79 Å². The molecule has 1 saturated heterocycles. The summed E-state index contributed by atoms with van der Waals surface area (Å²) in [5.74, 6) is 1.04. The second-order valence-corrected chi connectivity index (χ2v) is 3.47. The van der Waals surface area contributed by atoms with Crippen LogP contribution in [-0.2, 0) is 4.79 Å². The van der Waals surface area contributed by atoms with Crippen molar-refractivity contribution >= 4 is 6.41 Å². The predicted octanol–water partition coefficient (Wildman–Crippen LogP) is 1.28. The van der Waals surface area contributed by atoms with Crippen LogP contribution in [0, 0.1) is 5.92 Å². The molecular weight excluding hydrogens is 164 g/mol. The van der Waals surface area contributed by atoms with Gasteiger partial charge in [0.05, 0.1) is 0 Å². The Hall–Kier alpha value is -0.570. The molecule has 0 spiro atoms. The molecular formula is C10H22N2O. The van der Waals surface area contributed by atoms with E-state index < -0.39 is 0 Å². The van der Waals surface area contributed by atoms with Crippen LogP contribution in [0.3, 0.4) is 0 Å². The number of hydrogen-bond acceptors (Lipinski definition) is 2. The van der Waals surface area contributed by atoms with E-state index >= 15 is 0 Å². The quantitative estimate of drug-likeness (QED) is 0.652. The molecule has 3 heteroatoms. The Kier molecular flexibility index (Phi) is 9.10. The molecule has 0 atom stereocenters. The molecule has 0 saturated carbocycles. The van der Waals surface area contributed by atoms with Gasteiger partial charge in [0.25, 0.3) is 0 Å². The van der Waals surface area contributed by atoms with Crippen LogP contribution in [0.2, 0.25) is 0 Å². The van der Waals surface area contributed by atoms with E-state index in [4.69, 9.17) is 4.79 Å². The molecule has 1 aliphatic heterocycles. The van der Waals surface area contributed by atoms with Gasteiger partial charge in [0.1, 0.15) is 0 Å². The molecule has 0 aromatic heterocycles. The van der Waals surface area contributed by atoms with Gasteiger partial charge in [0.2, 0.25) is 6.41 Å². The van der Waals surface area contributed by atoms with Crippen LogP contribution in [0.15, 0.2) is 0 Å². The molecule has 0 radical (unpaired) electrons. The minimum atomic E-state index is 0.250. The maximum atomic E-state index is 8.58. The fourth-order valence-corrected chi connectivity index (χ4v) is 1.66. The average molecular weight is 186 g/mol. The van der Waals surface area contributed by atoms with Crippen LogP contribution in [0.4, 0.5) is 0 Å². The first kappa shape index (κ1) is 12.4. The molecule has 0 bridgehead atoms. The Balaban J connectivity index is 0.000000424. The van der Waals surface area contributed by atoms with E-state index in [1.165, 1.54) is 45.2 Å². The summed E-state index contributed by atoms with van der Waals surface area (Å²) in [6.45, 7) is 4.80. The lowest BCUT2D eigenvalue weighted by Gasteiger charge is -2.21. The molecule has 78 valence electrons. The number of primary amides is 1. The number of carbonyl (C=O) groups excluding carboxylic acids is 1. The molecule has 0 unspecified atom stereocenters. The number of unbranched alkanes of at least 4 members (excludes halogenated alkanes) is 1. The number of rotatable bonds is 3. The third-order valence-corrected chi connectivity index (χ3v) is 2.42. The van der Waals surface area contributed by atoms with Crippen LogP contribution < -0.4 is 11.1 Å². The molecule has 1 amide bonds. The van der Waals surface area contributed by atoms with Gasteiger partial charge in [-0.2, -0.15) is 0 Å². The Morgan fingerprint density at radius 3 is 2.46 bits per heavy atom. The maximum absolute atomic E-state index is 8.58. The van der Waals surface area contributed by atoms with Gasteiger partial charge in [0, 0.05) is 0 Å². The normalized spacial score (nSPS) is 17.3. The van der Waals surface area contributed by atoms with Gasteiger partial charge in [-0.15, -0.1) is 0 Å². The summed E-state index contributed by atoms with van der Waals surface area (Å²) in [5, 5.41) is 3.39. The van der Waals surface area contributed by atoms with Gasteiger partial charge in [0.15, 0.2) is 0 Å². The van der Waals surface area contributed by atoms with Crippen LogP contribution in [0.1, 0.15) is 39.0 Å². The lowest BCUT2D eigenvalue weighted by Crippen LogP contribution is -2.27. The third kappa shape index (κ3) is 7.78. The van der Waals surface area contributed by atoms with Gasteiger partial charge in [-0.1, -0.05) is 26.2 Å². The highest BCUT2D eigenvalue weighted by Gasteiger charge is 2.11. The number of piperidine rings is 1. The SMILES string of the molecule is CCCCC1CCNCC1.NC=O. The molecule has 1 rings (SSSR count). The van der Waals surface area contributed by atoms with Crippen molar-refractivity contribution in [3.8, 4) is 0 Å². The lowest BCUT2D eigenvalue weighted by atomic mass is 9.93. The topological polar surface area (TPSA) is 55.1 Å². The van der Waals surface area contributed by atoms with Crippen molar-refractivity contribution in [3.63, 3.8) is 0 Å². The first-order valence-corrected chi connectivity index (χ1v) is 5.21. The number of hydrogen-bond donors (Lipinski definition) is 2. The smallest absolute Gasteiger partial charge is 0.204 e. The van der Waals surface area contributed by atoms with Gasteiger partial charge in [-0.25, -0.2) is 0 Å². The first-order chi connectivity index (χ1) is 6.35. The van der Waals surface area contributed by atoms with Crippen LogP contribution in [0.5, 0.6) is 0 Å². The Morgan fingerprint density at radius 1 is 1.46 bits per heavy atom. The molecule has 1 fully saturated rings. The molecule has 3 nitrogen and oxygen atoms in total. The standard InChI is InChI=1S/C9H19N.CH3NO/c1-2-3-4-9-5-7-10-8-6-9;2-1-3/h9-10H,2-8H2,1H3;1H,(H2,2,3). The largest absolute Gasteiger partial charge is 0.372 e. The highest BCUT2D eigenvalue weighted by molar-refractivity contribution is 5.42. The van der Waals surface area contributed by atoms with Gasteiger partial charge in [-0.05, 0) is 31.8 Å². The lowest BCUT2D eigenvalue weighted by molar-refractivity contribution is -0.106. The van der Waals surface area contributed by atoms with Gasteiger partial charge >= 0.3 is 0 Å². The van der Waals surface area contributed by atoms with Crippen molar-refractivity contribution in [2.45, 2.75) is 39.0 Å². The highest BCUT2D eigenvalue weighted by atomic mass is 16.1. The second-order valence-electron chi connectivity index (χ2n) is 3.47. The van der Waals surface area contributed by atoms with E-state index in [0.29, 0.717) is 0 Å². The van der Waals surface area contributed by atoms with Crippen molar-refractivity contribution in [1.29, 1.82) is 0 Å². The van der Waals surface area contributed by atoms with E-state index in [9.17, 15) is 0 Å². The van der Waals surface area contributed by atoms with Crippen molar-refractivity contribution in [3.05, 3.63) is 0 Å². The number of nitrogens with one attached hydrogen (secondary N) is 1. The second kappa shape index (κ2) is 9.52. The Bertz CT molecular complexity index is 111. The van der Waals surface area contributed by atoms with Crippen LogP contribution in [0.25, 0.3) is 0 Å². The van der Waals surface area contributed by atoms with E-state index in [0.717, 1.165) is 5.92 Å². The Labute approximate surface area is 81.1 Å². The summed E-state index contributed by atoms with van der Waals surface area (Å²) >= 11 is 0. The summed E-state index contributed by atoms with van der Waals surface area (Å²) in [6, 6.07) is 0. The zero-order valence-electron chi connectivity index (χ0n) is 8.59. The van der Waals surface area contributed by atoms with Crippen LogP contribution >= 0.6 is 0 Å². The average Bonchev–Trinajstić information content (AvgIpc) is 2.18. The monoisotopic (exact) mass is 186 g/mol. The van der Waals surface area contributed by atoms with Crippen LogP contribution in [-0.4, -0.2) is 19.5 Å². The first-order valence-electron chi connectivity index (χ1n) is 5.21. The van der Waals surface area contributed by atoms with Gasteiger partial charge < -0.3 is 11.1 Å². The van der Waals surface area contributed by atoms with E-state index in [1.807, 2.05) is 0 Å². The van der Waals surface area contributed by atoms with Crippen molar-refractivity contribution in [2.75, 3.05) is 13.1 Å². The van der Waals surface area contributed by atoms with Crippen molar-refractivity contribution in [1.82, 2.24) is 5.32 Å². The minimum Gasteiger partial charge on any atom is -0.372 e. The molecule has 1 aliphatic rings. The molecule has 13 heavy (non-hydrogen) atoms. The zero-order chi connectivity index (χ0) is 9.94. The summed E-state index contributed by atoms with van der Waals surface area (Å²) in [7, 11) is 0. The molecule has 3 N–H and O–H groups in total. The maximum Gasteiger partial charge on any atom is 0.204 e. The molecule has 0 aromatic carbocycles. The summed E-state index contributed by atoms with van der Waals surface area (Å²) in [6.07, 6.45) is 7.35. The van der Waals surface area contributed by atoms with E-state index in [1.54, 1.807) is 0 Å². The summed E-state index contributed by atoms with van der Waals surface area (Å²) in [5.41, 5.74) is 4.17. The number of amides is 1. The summed E-state index contributed by atoms with van der Waals surface area (Å²) in [4.78, 5) is 8.58. The zero-order valence-corrected chi connectivity index (χ0v) is 8.59. The number of carbonyl (C=O) groups is 1. The van der Waals surface area contributed by atoms with E-state index in [2.05, 4.69) is 18.0 Å². The van der Waals surface area contributed by atoms with Crippen molar-refractivity contribution < 1.29 is 4.79 Å². The third-order valence-electron chi connectivity index (χ3n) is 2.42. The molecule has 1 heterocycles. The molecule has 0 aliphatic carbocycles. The minimum absolute atomic E-state index is 0.250. The fourth-order valence-electron chi connectivity index (χ4n) is 1.66. The molecule has 0 aromatic rings. The Morgan fingerprint density at radius 2 is 2.00 bits per heavy atom. The fraction of sp³-hybridized carbons (Fsp3) is 0.900. The van der Waals surface area contributed by atoms with E-state index in [-0.39, 0.29) is 6.41 Å².